The van der Waals surface area contributed by atoms with Crippen LogP contribution in [-0.2, 0) is 4.79 Å². The maximum absolute atomic E-state index is 12.2. The zero-order valence-electron chi connectivity index (χ0n) is 12.3. The summed E-state index contributed by atoms with van der Waals surface area (Å²) in [5.41, 5.74) is 4.84. The first-order valence-electron chi connectivity index (χ1n) is 7.11. The van der Waals surface area contributed by atoms with Crippen LogP contribution in [-0.4, -0.2) is 22.5 Å². The topological polar surface area (TPSA) is 83.5 Å². The first-order chi connectivity index (χ1) is 11.5. The molecule has 2 aromatic rings. The van der Waals surface area contributed by atoms with E-state index in [1.54, 1.807) is 12.1 Å². The average molecular weight is 363 g/mol. The molecular weight excluding hydrogens is 351 g/mol. The molecule has 0 fully saturated rings. The fourth-order valence-corrected chi connectivity index (χ4v) is 2.67. The molecule has 1 aliphatic rings. The second-order valence-corrected chi connectivity index (χ2v) is 5.95. The third-order valence-corrected chi connectivity index (χ3v) is 3.90. The standard InChI is InChI=1S/C16H12Cl2N4O2/c17-10-7-12(18)15(19-8-10)16(24)20-11-3-1-9(2-4-11)13-5-6-14(23)22-21-13/h1-4,7-8H,5-6H2,(H,20,24)(H,22,23). The van der Waals surface area contributed by atoms with Crippen molar-refractivity contribution in [3.8, 4) is 0 Å². The summed E-state index contributed by atoms with van der Waals surface area (Å²) in [5, 5.41) is 7.29. The van der Waals surface area contributed by atoms with E-state index in [4.69, 9.17) is 23.2 Å². The number of carbonyl (C=O) groups is 2. The molecule has 1 aliphatic heterocycles. The third-order valence-electron chi connectivity index (χ3n) is 3.40. The van der Waals surface area contributed by atoms with Gasteiger partial charge in [-0.15, -0.1) is 0 Å². The van der Waals surface area contributed by atoms with Crippen LogP contribution in [0.1, 0.15) is 28.9 Å². The first-order valence-corrected chi connectivity index (χ1v) is 7.87. The van der Waals surface area contributed by atoms with Crippen molar-refractivity contribution < 1.29 is 9.59 Å². The lowest BCUT2D eigenvalue weighted by Crippen LogP contribution is -2.25. The van der Waals surface area contributed by atoms with Gasteiger partial charge in [-0.05, 0) is 23.8 Å². The lowest BCUT2D eigenvalue weighted by Gasteiger charge is -2.12. The maximum atomic E-state index is 12.2. The van der Waals surface area contributed by atoms with E-state index in [-0.39, 0.29) is 16.6 Å². The van der Waals surface area contributed by atoms with Crippen molar-refractivity contribution in [1.29, 1.82) is 0 Å². The largest absolute Gasteiger partial charge is 0.321 e. The number of anilines is 1. The number of benzene rings is 1. The van der Waals surface area contributed by atoms with Gasteiger partial charge >= 0.3 is 0 Å². The van der Waals surface area contributed by atoms with Gasteiger partial charge < -0.3 is 5.32 Å². The Morgan fingerprint density at radius 3 is 2.54 bits per heavy atom. The van der Waals surface area contributed by atoms with Gasteiger partial charge in [0.2, 0.25) is 5.91 Å². The molecule has 0 saturated heterocycles. The predicted octanol–water partition coefficient (Wildman–Crippen LogP) is 3.25. The summed E-state index contributed by atoms with van der Waals surface area (Å²) in [6, 6.07) is 8.60. The van der Waals surface area contributed by atoms with Crippen LogP contribution in [0, 0.1) is 0 Å². The van der Waals surface area contributed by atoms with Gasteiger partial charge in [0.05, 0.1) is 15.8 Å². The number of nitrogens with zero attached hydrogens (tertiary/aromatic N) is 2. The van der Waals surface area contributed by atoms with Crippen molar-refractivity contribution in [3.05, 3.63) is 57.8 Å². The Kier molecular flexibility index (Phi) is 4.78. The van der Waals surface area contributed by atoms with Crippen molar-refractivity contribution in [3.63, 3.8) is 0 Å². The number of hydrogen-bond acceptors (Lipinski definition) is 4. The zero-order valence-corrected chi connectivity index (χ0v) is 13.9. The van der Waals surface area contributed by atoms with Crippen molar-refractivity contribution >= 4 is 46.4 Å². The van der Waals surface area contributed by atoms with Gasteiger partial charge in [0, 0.05) is 24.7 Å². The number of rotatable bonds is 3. The van der Waals surface area contributed by atoms with Crippen LogP contribution in [0.5, 0.6) is 0 Å². The van der Waals surface area contributed by atoms with Crippen LogP contribution in [0.2, 0.25) is 10.0 Å². The fourth-order valence-electron chi connectivity index (χ4n) is 2.20. The summed E-state index contributed by atoms with van der Waals surface area (Å²) < 4.78 is 0. The number of nitrogens with one attached hydrogen (secondary N) is 2. The molecule has 0 saturated carbocycles. The summed E-state index contributed by atoms with van der Waals surface area (Å²) in [6.45, 7) is 0. The monoisotopic (exact) mass is 362 g/mol. The summed E-state index contributed by atoms with van der Waals surface area (Å²) >= 11 is 11.7. The number of amides is 2. The highest BCUT2D eigenvalue weighted by Crippen LogP contribution is 2.20. The molecule has 6 nitrogen and oxygen atoms in total. The zero-order chi connectivity index (χ0) is 17.1. The van der Waals surface area contributed by atoms with E-state index >= 15 is 0 Å². The number of halogens is 2. The van der Waals surface area contributed by atoms with Gasteiger partial charge in [0.25, 0.3) is 5.91 Å². The Labute approximate surface area is 147 Å². The molecule has 2 heterocycles. The first kappa shape index (κ1) is 16.4. The van der Waals surface area contributed by atoms with E-state index in [0.29, 0.717) is 23.6 Å². The van der Waals surface area contributed by atoms with Gasteiger partial charge in [0.1, 0.15) is 5.69 Å². The maximum Gasteiger partial charge on any atom is 0.275 e. The van der Waals surface area contributed by atoms with Crippen LogP contribution in [0.3, 0.4) is 0 Å². The van der Waals surface area contributed by atoms with Crippen LogP contribution in [0.25, 0.3) is 0 Å². The molecule has 2 N–H and O–H groups in total. The van der Waals surface area contributed by atoms with Crippen LogP contribution in [0.4, 0.5) is 5.69 Å². The van der Waals surface area contributed by atoms with Crippen molar-refractivity contribution in [2.24, 2.45) is 5.10 Å². The number of carbonyl (C=O) groups excluding carboxylic acids is 2. The Bertz CT molecular complexity index is 834. The highest BCUT2D eigenvalue weighted by atomic mass is 35.5. The Morgan fingerprint density at radius 1 is 1.17 bits per heavy atom. The second kappa shape index (κ2) is 6.98. The summed E-state index contributed by atoms with van der Waals surface area (Å²) in [4.78, 5) is 27.2. The number of aromatic nitrogens is 1. The van der Waals surface area contributed by atoms with E-state index in [1.807, 2.05) is 12.1 Å². The minimum absolute atomic E-state index is 0.0880. The fraction of sp³-hybridized carbons (Fsp3) is 0.125. The normalized spacial score (nSPS) is 13.9. The Hall–Kier alpha value is -2.44. The highest BCUT2D eigenvalue weighted by molar-refractivity contribution is 6.36. The minimum atomic E-state index is -0.424. The molecule has 24 heavy (non-hydrogen) atoms. The molecule has 0 radical (unpaired) electrons. The Balaban J connectivity index is 1.72. The molecule has 2 amide bonds. The predicted molar refractivity (Wildman–Crippen MR) is 92.6 cm³/mol. The molecule has 8 heteroatoms. The van der Waals surface area contributed by atoms with E-state index in [2.05, 4.69) is 20.8 Å². The Morgan fingerprint density at radius 2 is 1.92 bits per heavy atom. The summed E-state index contributed by atoms with van der Waals surface area (Å²) in [6.07, 6.45) is 2.36. The number of hydrogen-bond donors (Lipinski definition) is 2. The smallest absolute Gasteiger partial charge is 0.275 e. The molecule has 0 spiro atoms. The minimum Gasteiger partial charge on any atom is -0.321 e. The van der Waals surface area contributed by atoms with E-state index in [9.17, 15) is 9.59 Å². The van der Waals surface area contributed by atoms with E-state index in [1.165, 1.54) is 12.3 Å². The number of hydrazone groups is 1. The van der Waals surface area contributed by atoms with Gasteiger partial charge in [-0.25, -0.2) is 10.4 Å². The third kappa shape index (κ3) is 3.72. The molecule has 0 bridgehead atoms. The summed E-state index contributed by atoms with van der Waals surface area (Å²) in [7, 11) is 0. The summed E-state index contributed by atoms with van der Waals surface area (Å²) in [5.74, 6) is -0.512. The van der Waals surface area contributed by atoms with Crippen LogP contribution < -0.4 is 10.7 Å². The molecule has 1 aromatic carbocycles. The van der Waals surface area contributed by atoms with Crippen LogP contribution in [0.15, 0.2) is 41.6 Å². The van der Waals surface area contributed by atoms with Gasteiger partial charge in [-0.1, -0.05) is 35.3 Å². The average Bonchev–Trinajstić information content (AvgIpc) is 2.56. The quantitative estimate of drug-likeness (QED) is 0.878. The van der Waals surface area contributed by atoms with Crippen LogP contribution >= 0.6 is 23.2 Å². The van der Waals surface area contributed by atoms with E-state index in [0.717, 1.165) is 11.3 Å². The second-order valence-electron chi connectivity index (χ2n) is 5.11. The lowest BCUT2D eigenvalue weighted by atomic mass is 10.0. The molecular formula is C16H12Cl2N4O2. The SMILES string of the molecule is O=C1CCC(c2ccc(NC(=O)c3ncc(Cl)cc3Cl)cc2)=NN1. The van der Waals surface area contributed by atoms with Gasteiger partial charge in [-0.3, -0.25) is 9.59 Å². The highest BCUT2D eigenvalue weighted by Gasteiger charge is 2.15. The molecule has 1 aromatic heterocycles. The molecule has 0 unspecified atom stereocenters. The van der Waals surface area contributed by atoms with E-state index < -0.39 is 5.91 Å². The van der Waals surface area contributed by atoms with Gasteiger partial charge in [0.15, 0.2) is 0 Å². The van der Waals surface area contributed by atoms with Gasteiger partial charge in [-0.2, -0.15) is 5.10 Å². The molecule has 0 aliphatic carbocycles. The molecule has 3 rings (SSSR count). The van der Waals surface area contributed by atoms with Crippen molar-refractivity contribution in [1.82, 2.24) is 10.4 Å². The molecule has 0 atom stereocenters. The number of pyridine rings is 1. The molecule has 122 valence electrons. The van der Waals surface area contributed by atoms with Crippen molar-refractivity contribution in [2.75, 3.05) is 5.32 Å². The lowest BCUT2D eigenvalue weighted by molar-refractivity contribution is -0.121. The van der Waals surface area contributed by atoms with Crippen molar-refractivity contribution in [2.45, 2.75) is 12.8 Å².